The monoisotopic (exact) mass is 358 g/mol. The Hall–Kier alpha value is -1.02. The molecule has 1 N–H and O–H groups in total. The van der Waals surface area contributed by atoms with Crippen molar-refractivity contribution < 1.29 is 17.9 Å². The van der Waals surface area contributed by atoms with Crippen LogP contribution in [0.15, 0.2) is 17.0 Å². The molecule has 6 nitrogen and oxygen atoms in total. The lowest BCUT2D eigenvalue weighted by atomic mass is 10.1. The minimum atomic E-state index is -3.65. The molecule has 2 saturated heterocycles. The van der Waals surface area contributed by atoms with E-state index in [1.807, 2.05) is 0 Å². The van der Waals surface area contributed by atoms with E-state index in [4.69, 9.17) is 21.1 Å². The predicted molar refractivity (Wildman–Crippen MR) is 85.8 cm³/mol. The van der Waals surface area contributed by atoms with Gasteiger partial charge in [-0.3, -0.25) is 0 Å². The van der Waals surface area contributed by atoms with E-state index in [-0.39, 0.29) is 16.0 Å². The largest absolute Gasteiger partial charge is 0.486 e. The van der Waals surface area contributed by atoms with Crippen LogP contribution in [0.4, 0.5) is 0 Å². The second-order valence-electron chi connectivity index (χ2n) is 6.22. The van der Waals surface area contributed by atoms with Crippen molar-refractivity contribution in [3.63, 3.8) is 0 Å². The molecule has 2 bridgehead atoms. The number of sulfonamides is 1. The Morgan fingerprint density at radius 1 is 1.09 bits per heavy atom. The standard InChI is InChI=1S/C15H19ClN2O4S/c16-12-7-13-14(22-6-5-21-13)8-15(12)23(19,20)18-4-3-10-1-2-11(9-18)17-10/h7-8,10-11,17H,1-6,9H2. The minimum Gasteiger partial charge on any atom is -0.486 e. The Morgan fingerprint density at radius 3 is 2.57 bits per heavy atom. The van der Waals surface area contributed by atoms with Crippen LogP contribution in [0.2, 0.25) is 5.02 Å². The van der Waals surface area contributed by atoms with E-state index < -0.39 is 10.0 Å². The zero-order valence-corrected chi connectivity index (χ0v) is 14.2. The number of rotatable bonds is 2. The van der Waals surface area contributed by atoms with Crippen LogP contribution in [0.1, 0.15) is 19.3 Å². The molecule has 2 fully saturated rings. The number of nitrogens with one attached hydrogen (secondary N) is 1. The molecule has 3 aliphatic rings. The molecule has 23 heavy (non-hydrogen) atoms. The molecule has 1 aromatic rings. The summed E-state index contributed by atoms with van der Waals surface area (Å²) in [4.78, 5) is 0.0983. The van der Waals surface area contributed by atoms with Crippen molar-refractivity contribution >= 4 is 21.6 Å². The first-order valence-corrected chi connectivity index (χ1v) is 9.71. The Kier molecular flexibility index (Phi) is 3.91. The summed E-state index contributed by atoms with van der Waals surface area (Å²) in [6.45, 7) is 1.85. The fraction of sp³-hybridized carbons (Fsp3) is 0.600. The summed E-state index contributed by atoms with van der Waals surface area (Å²) in [6.07, 6.45) is 2.98. The quantitative estimate of drug-likeness (QED) is 0.870. The van der Waals surface area contributed by atoms with Gasteiger partial charge < -0.3 is 14.8 Å². The molecule has 0 saturated carbocycles. The molecule has 126 valence electrons. The van der Waals surface area contributed by atoms with E-state index in [0.717, 1.165) is 19.3 Å². The van der Waals surface area contributed by atoms with E-state index in [0.29, 0.717) is 43.8 Å². The minimum absolute atomic E-state index is 0.0983. The first kappa shape index (κ1) is 15.5. The third-order valence-corrected chi connectivity index (χ3v) is 7.03. The van der Waals surface area contributed by atoms with Crippen molar-refractivity contribution in [2.45, 2.75) is 36.2 Å². The molecule has 3 aliphatic heterocycles. The van der Waals surface area contributed by atoms with Crippen LogP contribution in [0.3, 0.4) is 0 Å². The third kappa shape index (κ3) is 2.80. The second-order valence-corrected chi connectivity index (χ2v) is 8.53. The molecule has 8 heteroatoms. The number of hydrogen-bond acceptors (Lipinski definition) is 5. The molecule has 3 heterocycles. The Labute approximate surface area is 140 Å². The van der Waals surface area contributed by atoms with Crippen molar-refractivity contribution in [3.05, 3.63) is 17.2 Å². The zero-order chi connectivity index (χ0) is 16.0. The Bertz CT molecular complexity index is 724. The van der Waals surface area contributed by atoms with Gasteiger partial charge in [-0.2, -0.15) is 4.31 Å². The first-order valence-electron chi connectivity index (χ1n) is 7.89. The molecule has 0 aliphatic carbocycles. The van der Waals surface area contributed by atoms with Gasteiger partial charge in [0.2, 0.25) is 10.0 Å². The second kappa shape index (κ2) is 5.81. The van der Waals surface area contributed by atoms with Gasteiger partial charge >= 0.3 is 0 Å². The van der Waals surface area contributed by atoms with Crippen molar-refractivity contribution in [2.75, 3.05) is 26.3 Å². The molecular formula is C15H19ClN2O4S. The van der Waals surface area contributed by atoms with Crippen molar-refractivity contribution in [2.24, 2.45) is 0 Å². The molecule has 4 rings (SSSR count). The van der Waals surface area contributed by atoms with E-state index in [2.05, 4.69) is 5.32 Å². The molecule has 2 unspecified atom stereocenters. The highest BCUT2D eigenvalue weighted by molar-refractivity contribution is 7.89. The van der Waals surface area contributed by atoms with Gasteiger partial charge in [-0.1, -0.05) is 11.6 Å². The maximum atomic E-state index is 13.0. The Balaban J connectivity index is 1.68. The van der Waals surface area contributed by atoms with Crippen LogP contribution in [0.25, 0.3) is 0 Å². The summed E-state index contributed by atoms with van der Waals surface area (Å²) in [5, 5.41) is 3.66. The van der Waals surface area contributed by atoms with Gasteiger partial charge in [0.15, 0.2) is 11.5 Å². The lowest BCUT2D eigenvalue weighted by Crippen LogP contribution is -2.39. The summed E-state index contributed by atoms with van der Waals surface area (Å²) < 4.78 is 38.6. The fourth-order valence-corrected chi connectivity index (χ4v) is 5.52. The van der Waals surface area contributed by atoms with Crippen LogP contribution < -0.4 is 14.8 Å². The maximum absolute atomic E-state index is 13.0. The van der Waals surface area contributed by atoms with Crippen molar-refractivity contribution in [3.8, 4) is 11.5 Å². The summed E-state index contributed by atoms with van der Waals surface area (Å²) >= 11 is 6.23. The van der Waals surface area contributed by atoms with E-state index in [9.17, 15) is 8.42 Å². The number of nitrogens with zero attached hydrogens (tertiary/aromatic N) is 1. The molecule has 2 atom stereocenters. The highest BCUT2D eigenvalue weighted by Gasteiger charge is 2.36. The van der Waals surface area contributed by atoms with Gasteiger partial charge in [0, 0.05) is 37.3 Å². The number of ether oxygens (including phenoxy) is 2. The highest BCUT2D eigenvalue weighted by atomic mass is 35.5. The lowest BCUT2D eigenvalue weighted by molar-refractivity contribution is 0.171. The molecular weight excluding hydrogens is 340 g/mol. The zero-order valence-electron chi connectivity index (χ0n) is 12.6. The lowest BCUT2D eigenvalue weighted by Gasteiger charge is -2.25. The van der Waals surface area contributed by atoms with Crippen molar-refractivity contribution in [1.29, 1.82) is 0 Å². The number of halogens is 1. The molecule has 0 amide bonds. The predicted octanol–water partition coefficient (Wildman–Crippen LogP) is 1.63. The van der Waals surface area contributed by atoms with Crippen LogP contribution in [0.5, 0.6) is 11.5 Å². The van der Waals surface area contributed by atoms with Gasteiger partial charge in [-0.15, -0.1) is 0 Å². The molecule has 0 spiro atoms. The van der Waals surface area contributed by atoms with Crippen LogP contribution in [-0.2, 0) is 10.0 Å². The van der Waals surface area contributed by atoms with Gasteiger partial charge in [-0.25, -0.2) is 8.42 Å². The maximum Gasteiger partial charge on any atom is 0.244 e. The average molecular weight is 359 g/mol. The number of benzene rings is 1. The number of hydrogen-bond donors (Lipinski definition) is 1. The molecule has 1 aromatic carbocycles. The van der Waals surface area contributed by atoms with Crippen LogP contribution in [-0.4, -0.2) is 51.1 Å². The van der Waals surface area contributed by atoms with Gasteiger partial charge in [0.05, 0.1) is 5.02 Å². The van der Waals surface area contributed by atoms with E-state index in [1.54, 1.807) is 4.31 Å². The smallest absolute Gasteiger partial charge is 0.244 e. The van der Waals surface area contributed by atoms with Crippen molar-refractivity contribution in [1.82, 2.24) is 9.62 Å². The highest BCUT2D eigenvalue weighted by Crippen LogP contribution is 2.38. The SMILES string of the molecule is O=S(=O)(c1cc2c(cc1Cl)OCCO2)N1CCC2CCC(C1)N2. The topological polar surface area (TPSA) is 67.9 Å². The number of fused-ring (bicyclic) bond motifs is 3. The Morgan fingerprint density at radius 2 is 1.78 bits per heavy atom. The molecule has 0 radical (unpaired) electrons. The molecule has 0 aromatic heterocycles. The third-order valence-electron chi connectivity index (χ3n) is 4.70. The summed E-state index contributed by atoms with van der Waals surface area (Å²) in [7, 11) is -3.65. The van der Waals surface area contributed by atoms with E-state index in [1.165, 1.54) is 12.1 Å². The average Bonchev–Trinajstić information content (AvgIpc) is 2.85. The summed E-state index contributed by atoms with van der Waals surface area (Å²) in [6, 6.07) is 3.68. The van der Waals surface area contributed by atoms with Gasteiger partial charge in [-0.05, 0) is 19.3 Å². The summed E-state index contributed by atoms with van der Waals surface area (Å²) in [5.74, 6) is 0.936. The normalized spacial score (nSPS) is 27.7. The van der Waals surface area contributed by atoms with Crippen LogP contribution >= 0.6 is 11.6 Å². The van der Waals surface area contributed by atoms with E-state index >= 15 is 0 Å². The first-order chi connectivity index (χ1) is 11.0. The summed E-state index contributed by atoms with van der Waals surface area (Å²) in [5.41, 5.74) is 0. The van der Waals surface area contributed by atoms with Gasteiger partial charge in [0.25, 0.3) is 0 Å². The van der Waals surface area contributed by atoms with Crippen LogP contribution in [0, 0.1) is 0 Å². The van der Waals surface area contributed by atoms with Gasteiger partial charge in [0.1, 0.15) is 18.1 Å². The fourth-order valence-electron chi connectivity index (χ4n) is 3.51.